The van der Waals surface area contributed by atoms with Crippen LogP contribution in [0, 0.1) is 6.92 Å². The molecule has 0 saturated heterocycles. The molecule has 2 heterocycles. The van der Waals surface area contributed by atoms with Crippen LogP contribution in [0.2, 0.25) is 5.02 Å². The number of aliphatic hydroxyl groups excluding tert-OH is 2. The number of anilines is 1. The molecular weight excluding hydrogens is 532 g/mol. The van der Waals surface area contributed by atoms with Crippen molar-refractivity contribution >= 4 is 29.4 Å². The minimum atomic E-state index is -0.757. The van der Waals surface area contributed by atoms with Gasteiger partial charge in [0.2, 0.25) is 11.9 Å². The van der Waals surface area contributed by atoms with Gasteiger partial charge in [0.1, 0.15) is 6.04 Å². The van der Waals surface area contributed by atoms with E-state index in [9.17, 15) is 19.8 Å². The summed E-state index contributed by atoms with van der Waals surface area (Å²) in [5, 5.41) is 25.9. The molecule has 0 radical (unpaired) electrons. The topological polar surface area (TPSA) is 131 Å². The van der Waals surface area contributed by atoms with E-state index in [4.69, 9.17) is 11.6 Å². The maximum atomic E-state index is 13.4. The highest BCUT2D eigenvalue weighted by Crippen LogP contribution is 2.32. The summed E-state index contributed by atoms with van der Waals surface area (Å²) in [5.41, 5.74) is 4.16. The number of aromatic nitrogens is 2. The van der Waals surface area contributed by atoms with Gasteiger partial charge in [-0.2, -0.15) is 0 Å². The second-order valence-corrected chi connectivity index (χ2v) is 10.7. The molecule has 3 aromatic rings. The summed E-state index contributed by atoms with van der Waals surface area (Å²) in [7, 11) is 3.81. The number of carbonyl (C=O) groups is 2. The van der Waals surface area contributed by atoms with E-state index in [1.54, 1.807) is 13.0 Å². The van der Waals surface area contributed by atoms with Crippen LogP contribution in [0.25, 0.3) is 11.3 Å². The third-order valence-corrected chi connectivity index (χ3v) is 7.17. The zero-order valence-corrected chi connectivity index (χ0v) is 23.8. The summed E-state index contributed by atoms with van der Waals surface area (Å²) < 4.78 is 0. The minimum absolute atomic E-state index is 0.0987. The Kier molecular flexibility index (Phi) is 9.36. The van der Waals surface area contributed by atoms with Crippen molar-refractivity contribution in [2.75, 3.05) is 39.2 Å². The van der Waals surface area contributed by atoms with Crippen LogP contribution < -0.4 is 10.6 Å². The van der Waals surface area contributed by atoms with Crippen LogP contribution in [0.4, 0.5) is 5.95 Å². The van der Waals surface area contributed by atoms with E-state index in [0.717, 1.165) is 16.7 Å². The lowest BCUT2D eigenvalue weighted by Crippen LogP contribution is -2.46. The molecule has 1 aromatic heterocycles. The summed E-state index contributed by atoms with van der Waals surface area (Å²) in [6, 6.07) is 11.4. The number of halogens is 1. The number of nitrogens with zero attached hydrogens (tertiary/aromatic N) is 4. The number of nitrogens with one attached hydrogen (secondary N) is 2. The quantitative estimate of drug-likeness (QED) is 0.279. The number of carbonyl (C=O) groups excluding carboxylic acids is 2. The van der Waals surface area contributed by atoms with Gasteiger partial charge in [-0.15, -0.1) is 0 Å². The lowest BCUT2D eigenvalue weighted by atomic mass is 10.0. The van der Waals surface area contributed by atoms with Gasteiger partial charge in [-0.05, 0) is 45.1 Å². The fourth-order valence-electron chi connectivity index (χ4n) is 4.75. The predicted molar refractivity (Wildman–Crippen MR) is 154 cm³/mol. The first-order chi connectivity index (χ1) is 19.1. The van der Waals surface area contributed by atoms with Crippen LogP contribution in [-0.2, 0) is 11.3 Å². The molecule has 0 spiro atoms. The predicted octanol–water partition coefficient (Wildman–Crippen LogP) is 2.63. The van der Waals surface area contributed by atoms with Gasteiger partial charge in [-0.3, -0.25) is 9.59 Å². The van der Waals surface area contributed by atoms with E-state index in [0.29, 0.717) is 34.3 Å². The number of hydrogen-bond acceptors (Lipinski definition) is 8. The SMILES string of the molecule is Cc1cccc([C@@H](CO)NC(=O)[C@@H](C)N2Cc3ccc(-c4nc(NC(CO)CN(C)C)ncc4Cl)cc3C2=O)c1. The van der Waals surface area contributed by atoms with Gasteiger partial charge in [-0.25, -0.2) is 9.97 Å². The average molecular weight is 567 g/mol. The molecular formula is C29H35ClN6O4. The van der Waals surface area contributed by atoms with Crippen LogP contribution in [0.15, 0.2) is 48.7 Å². The van der Waals surface area contributed by atoms with E-state index in [1.165, 1.54) is 11.1 Å². The molecule has 10 nitrogen and oxygen atoms in total. The Morgan fingerprint density at radius 1 is 1.18 bits per heavy atom. The van der Waals surface area contributed by atoms with Crippen molar-refractivity contribution in [1.82, 2.24) is 25.1 Å². The first-order valence-corrected chi connectivity index (χ1v) is 13.5. The average Bonchev–Trinajstić information content (AvgIpc) is 3.26. The van der Waals surface area contributed by atoms with Crippen molar-refractivity contribution in [2.24, 2.45) is 0 Å². The molecule has 11 heteroatoms. The molecule has 0 bridgehead atoms. The molecule has 0 fully saturated rings. The summed E-state index contributed by atoms with van der Waals surface area (Å²) in [6.45, 7) is 4.12. The molecule has 0 saturated carbocycles. The third kappa shape index (κ3) is 6.59. The molecule has 212 valence electrons. The lowest BCUT2D eigenvalue weighted by molar-refractivity contribution is -0.126. The maximum Gasteiger partial charge on any atom is 0.255 e. The molecule has 2 amide bonds. The summed E-state index contributed by atoms with van der Waals surface area (Å²) in [5.74, 6) is -0.316. The summed E-state index contributed by atoms with van der Waals surface area (Å²) >= 11 is 6.44. The second kappa shape index (κ2) is 12.7. The second-order valence-electron chi connectivity index (χ2n) is 10.3. The number of likely N-dealkylation sites (N-methyl/N-ethyl adjacent to an activating group) is 1. The molecule has 3 atom stereocenters. The highest BCUT2D eigenvalue weighted by atomic mass is 35.5. The Morgan fingerprint density at radius 2 is 1.95 bits per heavy atom. The third-order valence-electron chi connectivity index (χ3n) is 6.89. The Bertz CT molecular complexity index is 1380. The number of fused-ring (bicyclic) bond motifs is 1. The first-order valence-electron chi connectivity index (χ1n) is 13.1. The highest BCUT2D eigenvalue weighted by Gasteiger charge is 2.35. The number of rotatable bonds is 11. The first kappa shape index (κ1) is 29.4. The van der Waals surface area contributed by atoms with Crippen LogP contribution in [-0.4, -0.2) is 87.7 Å². The molecule has 4 N–H and O–H groups in total. The van der Waals surface area contributed by atoms with Crippen molar-refractivity contribution < 1.29 is 19.8 Å². The van der Waals surface area contributed by atoms with E-state index < -0.39 is 12.1 Å². The number of aryl methyl sites for hydroxylation is 1. The van der Waals surface area contributed by atoms with Crippen LogP contribution >= 0.6 is 11.6 Å². The Labute approximate surface area is 239 Å². The van der Waals surface area contributed by atoms with E-state index in [2.05, 4.69) is 20.6 Å². The number of hydrogen-bond donors (Lipinski definition) is 4. The Morgan fingerprint density at radius 3 is 2.62 bits per heavy atom. The fourth-order valence-corrected chi connectivity index (χ4v) is 4.95. The molecule has 2 aromatic carbocycles. The zero-order valence-electron chi connectivity index (χ0n) is 23.1. The Balaban J connectivity index is 1.51. The number of amides is 2. The van der Waals surface area contributed by atoms with E-state index in [1.807, 2.05) is 62.3 Å². The number of aliphatic hydroxyl groups is 2. The van der Waals surface area contributed by atoms with Crippen molar-refractivity contribution in [3.8, 4) is 11.3 Å². The maximum absolute atomic E-state index is 13.4. The van der Waals surface area contributed by atoms with Crippen molar-refractivity contribution in [3.05, 3.63) is 75.9 Å². The highest BCUT2D eigenvalue weighted by molar-refractivity contribution is 6.33. The Hall–Kier alpha value is -3.57. The van der Waals surface area contributed by atoms with Gasteiger partial charge in [0.05, 0.1) is 42.2 Å². The zero-order chi connectivity index (χ0) is 29.0. The van der Waals surface area contributed by atoms with E-state index >= 15 is 0 Å². The van der Waals surface area contributed by atoms with Gasteiger partial charge in [-0.1, -0.05) is 53.6 Å². The molecule has 1 aliphatic heterocycles. The number of benzene rings is 2. The monoisotopic (exact) mass is 566 g/mol. The largest absolute Gasteiger partial charge is 0.394 e. The van der Waals surface area contributed by atoms with Crippen LogP contribution in [0.1, 0.15) is 40.0 Å². The molecule has 1 unspecified atom stereocenters. The van der Waals surface area contributed by atoms with Gasteiger partial charge in [0.15, 0.2) is 0 Å². The molecule has 40 heavy (non-hydrogen) atoms. The molecule has 1 aliphatic rings. The smallest absolute Gasteiger partial charge is 0.255 e. The lowest BCUT2D eigenvalue weighted by Gasteiger charge is -2.26. The molecule has 0 aliphatic carbocycles. The van der Waals surface area contributed by atoms with Crippen LogP contribution in [0.5, 0.6) is 0 Å². The van der Waals surface area contributed by atoms with Gasteiger partial charge in [0, 0.05) is 24.2 Å². The van der Waals surface area contributed by atoms with Crippen molar-refractivity contribution in [2.45, 2.75) is 38.5 Å². The van der Waals surface area contributed by atoms with Crippen molar-refractivity contribution in [3.63, 3.8) is 0 Å². The van der Waals surface area contributed by atoms with E-state index in [-0.39, 0.29) is 37.6 Å². The normalized spacial score (nSPS) is 15.1. The van der Waals surface area contributed by atoms with Gasteiger partial charge in [0.25, 0.3) is 5.91 Å². The van der Waals surface area contributed by atoms with Crippen molar-refractivity contribution in [1.29, 1.82) is 0 Å². The minimum Gasteiger partial charge on any atom is -0.394 e. The summed E-state index contributed by atoms with van der Waals surface area (Å²) in [4.78, 5) is 38.8. The standard InChI is InChI=1S/C29H35ClN6O4/c1-17-6-5-7-19(10-17)25(16-38)33-27(39)18(2)36-13-21-9-8-20(11-23(21)28(36)40)26-24(30)12-31-29(34-26)32-22(15-37)14-35(3)4/h5-12,18,22,25,37-38H,13-16H2,1-4H3,(H,33,39)(H,31,32,34)/t18-,22?,25-/m1/s1. The van der Waals surface area contributed by atoms with Crippen LogP contribution in [0.3, 0.4) is 0 Å². The fraction of sp³-hybridized carbons (Fsp3) is 0.379. The van der Waals surface area contributed by atoms with Gasteiger partial charge >= 0.3 is 0 Å². The molecule has 4 rings (SSSR count). The summed E-state index contributed by atoms with van der Waals surface area (Å²) in [6.07, 6.45) is 1.48. The van der Waals surface area contributed by atoms with Gasteiger partial charge < -0.3 is 30.6 Å².